The quantitative estimate of drug-likeness (QED) is 0.823. The van der Waals surface area contributed by atoms with Crippen LogP contribution in [0.1, 0.15) is 44.4 Å². The predicted octanol–water partition coefficient (Wildman–Crippen LogP) is 2.84. The van der Waals surface area contributed by atoms with Gasteiger partial charge in [0, 0.05) is 50.8 Å². The van der Waals surface area contributed by atoms with E-state index in [1.165, 1.54) is 0 Å². The molecule has 0 N–H and O–H groups in total. The van der Waals surface area contributed by atoms with E-state index < -0.39 is 5.92 Å². The van der Waals surface area contributed by atoms with Gasteiger partial charge in [0.1, 0.15) is 0 Å². The first kappa shape index (κ1) is 18.0. The van der Waals surface area contributed by atoms with Gasteiger partial charge in [-0.15, -0.1) is 0 Å². The van der Waals surface area contributed by atoms with Crippen LogP contribution in [0.3, 0.4) is 0 Å². The van der Waals surface area contributed by atoms with E-state index in [-0.39, 0.29) is 18.3 Å². The van der Waals surface area contributed by atoms with Crippen LogP contribution in [0.2, 0.25) is 0 Å². The van der Waals surface area contributed by atoms with Gasteiger partial charge in [-0.1, -0.05) is 13.8 Å². The summed E-state index contributed by atoms with van der Waals surface area (Å²) in [5.41, 5.74) is 2.05. The van der Waals surface area contributed by atoms with Crippen LogP contribution in [0.15, 0.2) is 6.20 Å². The fourth-order valence-electron chi connectivity index (χ4n) is 4.51. The topological polar surface area (TPSA) is 41.5 Å². The number of hydrogen-bond acceptors (Lipinski definition) is 5. The summed E-state index contributed by atoms with van der Waals surface area (Å²) in [6, 6.07) is 0. The summed E-state index contributed by atoms with van der Waals surface area (Å²) in [5, 5.41) is 0. The van der Waals surface area contributed by atoms with Gasteiger partial charge in [0.05, 0.1) is 24.3 Å². The third-order valence-corrected chi connectivity index (χ3v) is 5.82. The summed E-state index contributed by atoms with van der Waals surface area (Å²) in [4.78, 5) is 13.8. The number of alkyl halides is 2. The number of halogens is 2. The highest BCUT2D eigenvalue weighted by molar-refractivity contribution is 5.39. The van der Waals surface area contributed by atoms with Crippen LogP contribution in [0, 0.1) is 5.92 Å². The fraction of sp³-hybridized carbons (Fsp3) is 0.789. The lowest BCUT2D eigenvalue weighted by Gasteiger charge is -2.36. The van der Waals surface area contributed by atoms with Gasteiger partial charge >= 0.3 is 0 Å². The fourth-order valence-corrected chi connectivity index (χ4v) is 4.51. The minimum Gasteiger partial charge on any atom is -0.376 e. The van der Waals surface area contributed by atoms with Gasteiger partial charge in [-0.2, -0.15) is 0 Å². The van der Waals surface area contributed by atoms with Crippen molar-refractivity contribution in [1.82, 2.24) is 14.9 Å². The summed E-state index contributed by atoms with van der Waals surface area (Å²) in [7, 11) is 0. The van der Waals surface area contributed by atoms with E-state index in [0.717, 1.165) is 37.3 Å². The molecule has 2 fully saturated rings. The minimum atomic E-state index is -2.55. The van der Waals surface area contributed by atoms with E-state index in [1.54, 1.807) is 0 Å². The standard InChI is InChI=1S/C19H28F2N4O/c1-14(2)10-24-6-3-18(12-24)13-26-11-15-9-22-17(23-16(15)18)25-7-4-19(20,21)5-8-25/h9,14H,3-8,10-13H2,1-2H3. The second kappa shape index (κ2) is 6.68. The summed E-state index contributed by atoms with van der Waals surface area (Å²) < 4.78 is 32.8. The van der Waals surface area contributed by atoms with E-state index >= 15 is 0 Å². The Kier molecular flexibility index (Phi) is 4.63. The van der Waals surface area contributed by atoms with Crippen LogP contribution in [0.4, 0.5) is 14.7 Å². The smallest absolute Gasteiger partial charge is 0.251 e. The Morgan fingerprint density at radius 2 is 1.96 bits per heavy atom. The van der Waals surface area contributed by atoms with E-state index in [4.69, 9.17) is 9.72 Å². The third kappa shape index (κ3) is 3.43. The third-order valence-electron chi connectivity index (χ3n) is 5.82. The SMILES string of the molecule is CC(C)CN1CCC2(COCc3cnc(N4CCC(F)(F)CC4)nc32)C1. The molecule has 0 radical (unpaired) electrons. The first-order chi connectivity index (χ1) is 12.4. The van der Waals surface area contributed by atoms with Gasteiger partial charge in [0.15, 0.2) is 0 Å². The Morgan fingerprint density at radius 3 is 2.69 bits per heavy atom. The molecule has 3 aliphatic heterocycles. The van der Waals surface area contributed by atoms with E-state index in [2.05, 4.69) is 23.7 Å². The zero-order valence-corrected chi connectivity index (χ0v) is 15.7. The molecule has 0 saturated carbocycles. The molecule has 0 aromatic carbocycles. The molecule has 26 heavy (non-hydrogen) atoms. The molecule has 4 heterocycles. The Hall–Kier alpha value is -1.34. The largest absolute Gasteiger partial charge is 0.376 e. The van der Waals surface area contributed by atoms with E-state index in [0.29, 0.717) is 38.2 Å². The van der Waals surface area contributed by atoms with Crippen LogP contribution < -0.4 is 4.90 Å². The number of fused-ring (bicyclic) bond motifs is 2. The van der Waals surface area contributed by atoms with Crippen molar-refractivity contribution in [2.45, 2.75) is 51.1 Å². The van der Waals surface area contributed by atoms with Crippen LogP contribution in [0.25, 0.3) is 0 Å². The number of nitrogens with zero attached hydrogens (tertiary/aromatic N) is 4. The molecular formula is C19H28F2N4O. The zero-order valence-electron chi connectivity index (χ0n) is 15.7. The molecule has 5 nitrogen and oxygen atoms in total. The second-order valence-electron chi connectivity index (χ2n) is 8.54. The lowest BCUT2D eigenvalue weighted by Crippen LogP contribution is -2.43. The lowest BCUT2D eigenvalue weighted by atomic mass is 9.80. The highest BCUT2D eigenvalue weighted by atomic mass is 19.3. The molecule has 0 amide bonds. The van der Waals surface area contributed by atoms with Crippen molar-refractivity contribution in [3.8, 4) is 0 Å². The van der Waals surface area contributed by atoms with Crippen molar-refractivity contribution in [2.75, 3.05) is 44.2 Å². The summed E-state index contributed by atoms with van der Waals surface area (Å²) >= 11 is 0. The molecule has 2 saturated heterocycles. The number of aromatic nitrogens is 2. The molecule has 144 valence electrons. The molecule has 0 bridgehead atoms. The first-order valence-electron chi connectivity index (χ1n) is 9.66. The Balaban J connectivity index is 1.58. The van der Waals surface area contributed by atoms with Crippen molar-refractivity contribution in [1.29, 1.82) is 0 Å². The summed E-state index contributed by atoms with van der Waals surface area (Å²) in [6.07, 6.45) is 2.63. The lowest BCUT2D eigenvalue weighted by molar-refractivity contribution is -0.0223. The van der Waals surface area contributed by atoms with Crippen molar-refractivity contribution in [3.05, 3.63) is 17.5 Å². The molecule has 4 rings (SSSR count). The number of piperidine rings is 1. The number of anilines is 1. The normalized spacial score (nSPS) is 28.7. The number of hydrogen-bond donors (Lipinski definition) is 0. The molecule has 1 aromatic heterocycles. The highest BCUT2D eigenvalue weighted by Gasteiger charge is 2.45. The summed E-state index contributed by atoms with van der Waals surface area (Å²) in [6.45, 7) is 9.41. The van der Waals surface area contributed by atoms with Crippen LogP contribution in [0.5, 0.6) is 0 Å². The maximum absolute atomic E-state index is 13.5. The van der Waals surface area contributed by atoms with Crippen LogP contribution in [-0.4, -0.2) is 60.1 Å². The Morgan fingerprint density at radius 1 is 1.19 bits per heavy atom. The van der Waals surface area contributed by atoms with Crippen molar-refractivity contribution < 1.29 is 13.5 Å². The number of rotatable bonds is 3. The van der Waals surface area contributed by atoms with Gasteiger partial charge in [-0.05, 0) is 18.9 Å². The average Bonchev–Trinajstić information content (AvgIpc) is 2.98. The molecule has 1 spiro atoms. The van der Waals surface area contributed by atoms with Crippen molar-refractivity contribution in [2.24, 2.45) is 5.92 Å². The molecular weight excluding hydrogens is 338 g/mol. The maximum Gasteiger partial charge on any atom is 0.251 e. The zero-order chi connectivity index (χ0) is 18.4. The second-order valence-corrected chi connectivity index (χ2v) is 8.54. The first-order valence-corrected chi connectivity index (χ1v) is 9.66. The maximum atomic E-state index is 13.5. The molecule has 7 heteroatoms. The van der Waals surface area contributed by atoms with Crippen molar-refractivity contribution >= 4 is 5.95 Å². The van der Waals surface area contributed by atoms with Gasteiger partial charge < -0.3 is 14.5 Å². The molecule has 1 unspecified atom stereocenters. The Bertz CT molecular complexity index is 659. The van der Waals surface area contributed by atoms with E-state index in [9.17, 15) is 8.78 Å². The summed E-state index contributed by atoms with van der Waals surface area (Å²) in [5.74, 6) is -1.32. The van der Waals surface area contributed by atoms with Gasteiger partial charge in [-0.25, -0.2) is 18.7 Å². The molecule has 3 aliphatic rings. The minimum absolute atomic E-state index is 0.0834. The molecule has 0 aliphatic carbocycles. The molecule has 1 atom stereocenters. The number of ether oxygens (including phenoxy) is 1. The average molecular weight is 366 g/mol. The molecule has 1 aromatic rings. The van der Waals surface area contributed by atoms with Crippen LogP contribution in [-0.2, 0) is 16.8 Å². The van der Waals surface area contributed by atoms with Gasteiger partial charge in [0.2, 0.25) is 5.95 Å². The van der Waals surface area contributed by atoms with Gasteiger partial charge in [-0.3, -0.25) is 0 Å². The highest BCUT2D eigenvalue weighted by Crippen LogP contribution is 2.40. The van der Waals surface area contributed by atoms with Gasteiger partial charge in [0.25, 0.3) is 5.92 Å². The predicted molar refractivity (Wildman–Crippen MR) is 95.7 cm³/mol. The van der Waals surface area contributed by atoms with Crippen LogP contribution >= 0.6 is 0 Å². The Labute approximate surface area is 153 Å². The van der Waals surface area contributed by atoms with E-state index in [1.807, 2.05) is 11.1 Å². The van der Waals surface area contributed by atoms with Crippen molar-refractivity contribution in [3.63, 3.8) is 0 Å². The number of likely N-dealkylation sites (tertiary alicyclic amines) is 1. The monoisotopic (exact) mass is 366 g/mol.